The van der Waals surface area contributed by atoms with Gasteiger partial charge in [0.05, 0.1) is 0 Å². The molecule has 24 heavy (non-hydrogen) atoms. The van der Waals surface area contributed by atoms with E-state index >= 15 is 0 Å². The van der Waals surface area contributed by atoms with Crippen molar-refractivity contribution in [1.29, 1.82) is 0 Å². The molecule has 0 heteroatoms. The molecule has 3 rings (SSSR count). The molecule has 0 saturated heterocycles. The van der Waals surface area contributed by atoms with E-state index in [1.165, 1.54) is 55.6 Å². The maximum absolute atomic E-state index is 2.26. The average Bonchev–Trinajstić information content (AvgIpc) is 2.57. The van der Waals surface area contributed by atoms with Crippen molar-refractivity contribution in [2.45, 2.75) is 41.5 Å². The normalized spacial score (nSPS) is 10.9. The molecule has 122 valence electrons. The summed E-state index contributed by atoms with van der Waals surface area (Å²) in [5.74, 6) is 0. The summed E-state index contributed by atoms with van der Waals surface area (Å²) in [6.07, 6.45) is 0. The molecule has 0 aliphatic rings. The van der Waals surface area contributed by atoms with Crippen molar-refractivity contribution in [1.82, 2.24) is 0 Å². The van der Waals surface area contributed by atoms with Crippen LogP contribution >= 0.6 is 0 Å². The van der Waals surface area contributed by atoms with E-state index in [0.29, 0.717) is 0 Å². The summed E-state index contributed by atoms with van der Waals surface area (Å²) in [6, 6.07) is 17.8. The van der Waals surface area contributed by atoms with Crippen molar-refractivity contribution < 1.29 is 0 Å². The summed E-state index contributed by atoms with van der Waals surface area (Å²) in [7, 11) is 0. The highest BCUT2D eigenvalue weighted by molar-refractivity contribution is 5.82. The molecule has 0 heterocycles. The van der Waals surface area contributed by atoms with Crippen LogP contribution in [0.4, 0.5) is 0 Å². The van der Waals surface area contributed by atoms with Gasteiger partial charge in [0.25, 0.3) is 0 Å². The topological polar surface area (TPSA) is 0 Å². The first-order chi connectivity index (χ1) is 11.4. The Bertz CT molecular complexity index is 773. The van der Waals surface area contributed by atoms with Gasteiger partial charge in [0.1, 0.15) is 0 Å². The van der Waals surface area contributed by atoms with Crippen LogP contribution in [0.5, 0.6) is 0 Å². The zero-order valence-corrected chi connectivity index (χ0v) is 15.6. The van der Waals surface area contributed by atoms with Crippen LogP contribution in [-0.4, -0.2) is 0 Å². The fraction of sp³-hybridized carbons (Fsp3) is 0.250. The van der Waals surface area contributed by atoms with Gasteiger partial charge in [-0.1, -0.05) is 59.7 Å². The van der Waals surface area contributed by atoms with E-state index in [1.54, 1.807) is 0 Å². The standard InChI is InChI=1S/C24H26/c1-15-7-11-21(12-8-15)23-17(3)19(5)24(20(6)18(23)4)22-13-9-16(2)10-14-22/h7-14H,1-6H3. The Kier molecular flexibility index (Phi) is 4.32. The highest BCUT2D eigenvalue weighted by Gasteiger charge is 2.17. The van der Waals surface area contributed by atoms with Crippen LogP contribution in [0.25, 0.3) is 22.3 Å². The lowest BCUT2D eigenvalue weighted by molar-refractivity contribution is 1.24. The van der Waals surface area contributed by atoms with Crippen LogP contribution < -0.4 is 0 Å². The summed E-state index contributed by atoms with van der Waals surface area (Å²) in [5.41, 5.74) is 13.6. The molecule has 3 aromatic rings. The quantitative estimate of drug-likeness (QED) is 0.484. The first kappa shape index (κ1) is 16.5. The van der Waals surface area contributed by atoms with Crippen molar-refractivity contribution in [3.8, 4) is 22.3 Å². The highest BCUT2D eigenvalue weighted by Crippen LogP contribution is 2.39. The summed E-state index contributed by atoms with van der Waals surface area (Å²) in [5, 5.41) is 0. The Balaban J connectivity index is 2.26. The predicted octanol–water partition coefficient (Wildman–Crippen LogP) is 6.87. The van der Waals surface area contributed by atoms with Crippen LogP contribution in [-0.2, 0) is 0 Å². The molecule has 0 fully saturated rings. The van der Waals surface area contributed by atoms with Crippen molar-refractivity contribution in [3.63, 3.8) is 0 Å². The highest BCUT2D eigenvalue weighted by atomic mass is 14.2. The minimum atomic E-state index is 1.30. The molecule has 0 saturated carbocycles. The summed E-state index contributed by atoms with van der Waals surface area (Å²) >= 11 is 0. The van der Waals surface area contributed by atoms with Crippen molar-refractivity contribution in [3.05, 3.63) is 81.9 Å². The first-order valence-corrected chi connectivity index (χ1v) is 8.64. The molecule has 3 aromatic carbocycles. The lowest BCUT2D eigenvalue weighted by atomic mass is 9.83. The maximum Gasteiger partial charge on any atom is -0.0120 e. The van der Waals surface area contributed by atoms with Crippen molar-refractivity contribution in [2.24, 2.45) is 0 Å². The Morgan fingerprint density at radius 2 is 0.625 bits per heavy atom. The van der Waals surface area contributed by atoms with E-state index in [-0.39, 0.29) is 0 Å². The molecule has 0 atom stereocenters. The Morgan fingerprint density at radius 3 is 0.875 bits per heavy atom. The second-order valence-electron chi connectivity index (χ2n) is 6.98. The lowest BCUT2D eigenvalue weighted by Gasteiger charge is -2.21. The van der Waals surface area contributed by atoms with E-state index in [2.05, 4.69) is 90.1 Å². The fourth-order valence-electron chi connectivity index (χ4n) is 3.62. The molecule has 0 N–H and O–H groups in total. The number of hydrogen-bond donors (Lipinski definition) is 0. The smallest absolute Gasteiger partial charge is 0.0120 e. The monoisotopic (exact) mass is 314 g/mol. The predicted molar refractivity (Wildman–Crippen MR) is 106 cm³/mol. The fourth-order valence-corrected chi connectivity index (χ4v) is 3.62. The third-order valence-corrected chi connectivity index (χ3v) is 5.31. The third kappa shape index (κ3) is 2.78. The van der Waals surface area contributed by atoms with Crippen LogP contribution in [0.15, 0.2) is 48.5 Å². The van der Waals surface area contributed by atoms with Gasteiger partial charge in [0.15, 0.2) is 0 Å². The Morgan fingerprint density at radius 1 is 0.375 bits per heavy atom. The minimum absolute atomic E-state index is 1.30. The molecule has 0 aliphatic carbocycles. The first-order valence-electron chi connectivity index (χ1n) is 8.64. The van der Waals surface area contributed by atoms with Crippen molar-refractivity contribution in [2.75, 3.05) is 0 Å². The molecular formula is C24H26. The number of benzene rings is 3. The molecule has 0 aliphatic heterocycles. The van der Waals surface area contributed by atoms with Gasteiger partial charge in [-0.05, 0) is 86.1 Å². The zero-order valence-electron chi connectivity index (χ0n) is 15.6. The number of rotatable bonds is 2. The van der Waals surface area contributed by atoms with Gasteiger partial charge < -0.3 is 0 Å². The van der Waals surface area contributed by atoms with Gasteiger partial charge in [-0.15, -0.1) is 0 Å². The second kappa shape index (κ2) is 6.28. The largest absolute Gasteiger partial charge is 0.0587 e. The SMILES string of the molecule is Cc1ccc(-c2c(C)c(C)c(-c3ccc(C)cc3)c(C)c2C)cc1. The van der Waals surface area contributed by atoms with Gasteiger partial charge in [-0.25, -0.2) is 0 Å². The Hall–Kier alpha value is -2.34. The van der Waals surface area contributed by atoms with Crippen molar-refractivity contribution >= 4 is 0 Å². The third-order valence-electron chi connectivity index (χ3n) is 5.31. The number of aryl methyl sites for hydroxylation is 2. The van der Waals surface area contributed by atoms with Crippen LogP contribution in [0.2, 0.25) is 0 Å². The van der Waals surface area contributed by atoms with Gasteiger partial charge in [0, 0.05) is 0 Å². The molecule has 0 spiro atoms. The van der Waals surface area contributed by atoms with Gasteiger partial charge >= 0.3 is 0 Å². The molecule has 0 amide bonds. The van der Waals surface area contributed by atoms with Crippen LogP contribution in [0, 0.1) is 41.5 Å². The van der Waals surface area contributed by atoms with Crippen LogP contribution in [0.3, 0.4) is 0 Å². The number of hydrogen-bond acceptors (Lipinski definition) is 0. The summed E-state index contributed by atoms with van der Waals surface area (Å²) in [4.78, 5) is 0. The van der Waals surface area contributed by atoms with E-state index in [4.69, 9.17) is 0 Å². The van der Waals surface area contributed by atoms with E-state index in [0.717, 1.165) is 0 Å². The maximum atomic E-state index is 2.26. The van der Waals surface area contributed by atoms with Crippen LogP contribution in [0.1, 0.15) is 33.4 Å². The molecular weight excluding hydrogens is 288 g/mol. The molecule has 0 bridgehead atoms. The van der Waals surface area contributed by atoms with E-state index in [9.17, 15) is 0 Å². The molecule has 0 aromatic heterocycles. The Labute approximate surface area is 146 Å². The minimum Gasteiger partial charge on any atom is -0.0587 e. The average molecular weight is 314 g/mol. The summed E-state index contributed by atoms with van der Waals surface area (Å²) in [6.45, 7) is 13.3. The lowest BCUT2D eigenvalue weighted by Crippen LogP contribution is -2.00. The van der Waals surface area contributed by atoms with Gasteiger partial charge in [-0.3, -0.25) is 0 Å². The van der Waals surface area contributed by atoms with Gasteiger partial charge in [-0.2, -0.15) is 0 Å². The van der Waals surface area contributed by atoms with E-state index < -0.39 is 0 Å². The molecule has 0 unspecified atom stereocenters. The summed E-state index contributed by atoms with van der Waals surface area (Å²) < 4.78 is 0. The second-order valence-corrected chi connectivity index (χ2v) is 6.98. The molecule has 0 radical (unpaired) electrons. The van der Waals surface area contributed by atoms with Gasteiger partial charge in [0.2, 0.25) is 0 Å². The van der Waals surface area contributed by atoms with E-state index in [1.807, 2.05) is 0 Å². The zero-order chi connectivity index (χ0) is 17.4. The molecule has 0 nitrogen and oxygen atoms in total.